The monoisotopic (exact) mass is 185 g/mol. The molecular formula is C9H15NO3. The number of carboxylic acids is 1. The van der Waals surface area contributed by atoms with Gasteiger partial charge in [0.05, 0.1) is 6.61 Å². The Bertz CT molecular complexity index is 231. The number of likely N-dealkylation sites (tertiary alicyclic amines) is 1. The van der Waals surface area contributed by atoms with Crippen molar-refractivity contribution in [1.82, 2.24) is 4.90 Å². The lowest BCUT2D eigenvalue weighted by Gasteiger charge is -2.34. The van der Waals surface area contributed by atoms with Crippen LogP contribution in [0.3, 0.4) is 0 Å². The van der Waals surface area contributed by atoms with Gasteiger partial charge in [-0.25, -0.2) is 0 Å². The van der Waals surface area contributed by atoms with E-state index >= 15 is 0 Å². The molecule has 2 atom stereocenters. The van der Waals surface area contributed by atoms with Gasteiger partial charge in [-0.05, 0) is 19.4 Å². The number of carbonyl (C=O) groups is 1. The fraction of sp³-hybridized carbons (Fsp3) is 0.889. The lowest BCUT2D eigenvalue weighted by molar-refractivity contribution is -0.159. The van der Waals surface area contributed by atoms with Crippen molar-refractivity contribution in [3.63, 3.8) is 0 Å². The Kier molecular flexibility index (Phi) is 2.04. The van der Waals surface area contributed by atoms with E-state index in [1.807, 2.05) is 7.05 Å². The van der Waals surface area contributed by atoms with E-state index in [-0.39, 0.29) is 5.92 Å². The summed E-state index contributed by atoms with van der Waals surface area (Å²) in [5.74, 6) is -0.412. The van der Waals surface area contributed by atoms with E-state index in [1.54, 1.807) is 0 Å². The molecule has 4 nitrogen and oxygen atoms in total. The summed E-state index contributed by atoms with van der Waals surface area (Å²) in [5, 5.41) is 9.21. The standard InChI is InChI=1S/C9H15NO3/c1-10-4-7-2-3-13-6-9(7,5-10)8(11)12/h7H,2-6H2,1H3,(H,11,12)/t7?,9-/m0/s1. The highest BCUT2D eigenvalue weighted by Gasteiger charge is 2.53. The molecule has 2 aliphatic heterocycles. The molecule has 0 aromatic heterocycles. The Morgan fingerprint density at radius 3 is 3.08 bits per heavy atom. The number of carboxylic acid groups (broad SMARTS) is 1. The molecule has 0 aromatic rings. The summed E-state index contributed by atoms with van der Waals surface area (Å²) in [6.07, 6.45) is 0.886. The van der Waals surface area contributed by atoms with Crippen LogP contribution in [-0.2, 0) is 9.53 Å². The summed E-state index contributed by atoms with van der Waals surface area (Å²) in [4.78, 5) is 13.3. The molecule has 13 heavy (non-hydrogen) atoms. The third-order valence-electron chi connectivity index (χ3n) is 3.26. The fourth-order valence-electron chi connectivity index (χ4n) is 2.54. The molecule has 0 radical (unpaired) electrons. The molecule has 0 aliphatic carbocycles. The summed E-state index contributed by atoms with van der Waals surface area (Å²) >= 11 is 0. The zero-order chi connectivity index (χ0) is 9.47. The molecule has 0 saturated carbocycles. The van der Waals surface area contributed by atoms with Crippen LogP contribution in [-0.4, -0.2) is 49.3 Å². The zero-order valence-corrected chi connectivity index (χ0v) is 7.82. The van der Waals surface area contributed by atoms with Gasteiger partial charge < -0.3 is 14.7 Å². The molecule has 2 aliphatic rings. The second-order valence-electron chi connectivity index (χ2n) is 4.20. The van der Waals surface area contributed by atoms with Gasteiger partial charge in [-0.3, -0.25) is 4.79 Å². The number of ether oxygens (including phenoxy) is 1. The van der Waals surface area contributed by atoms with Gasteiger partial charge in [0.2, 0.25) is 0 Å². The molecule has 1 N–H and O–H groups in total. The molecule has 74 valence electrons. The highest BCUT2D eigenvalue weighted by molar-refractivity contribution is 5.76. The van der Waals surface area contributed by atoms with Crippen molar-refractivity contribution in [3.05, 3.63) is 0 Å². The van der Waals surface area contributed by atoms with E-state index in [0.29, 0.717) is 19.8 Å². The van der Waals surface area contributed by atoms with Crippen molar-refractivity contribution in [2.75, 3.05) is 33.4 Å². The van der Waals surface area contributed by atoms with E-state index in [4.69, 9.17) is 4.74 Å². The Morgan fingerprint density at radius 1 is 1.69 bits per heavy atom. The van der Waals surface area contributed by atoms with Gasteiger partial charge >= 0.3 is 5.97 Å². The van der Waals surface area contributed by atoms with Gasteiger partial charge in [-0.1, -0.05) is 0 Å². The van der Waals surface area contributed by atoms with E-state index in [9.17, 15) is 9.90 Å². The van der Waals surface area contributed by atoms with Crippen LogP contribution in [0.15, 0.2) is 0 Å². The van der Waals surface area contributed by atoms with Crippen molar-refractivity contribution >= 4 is 5.97 Å². The molecule has 2 fully saturated rings. The first-order valence-corrected chi connectivity index (χ1v) is 4.65. The summed E-state index contributed by atoms with van der Waals surface area (Å²) < 4.78 is 5.29. The van der Waals surface area contributed by atoms with Crippen LogP contribution in [0.5, 0.6) is 0 Å². The first-order chi connectivity index (χ1) is 6.15. The molecule has 0 bridgehead atoms. The highest BCUT2D eigenvalue weighted by Crippen LogP contribution is 2.40. The molecule has 1 unspecified atom stereocenters. The molecule has 2 rings (SSSR count). The van der Waals surface area contributed by atoms with Crippen LogP contribution in [0, 0.1) is 11.3 Å². The van der Waals surface area contributed by atoms with Crippen molar-refractivity contribution in [3.8, 4) is 0 Å². The summed E-state index contributed by atoms with van der Waals surface area (Å²) in [7, 11) is 1.98. The molecule has 2 heterocycles. The zero-order valence-electron chi connectivity index (χ0n) is 7.82. The largest absolute Gasteiger partial charge is 0.481 e. The van der Waals surface area contributed by atoms with Crippen molar-refractivity contribution < 1.29 is 14.6 Å². The Morgan fingerprint density at radius 2 is 2.46 bits per heavy atom. The Labute approximate surface area is 77.5 Å². The third kappa shape index (κ3) is 1.25. The normalized spacial score (nSPS) is 40.2. The smallest absolute Gasteiger partial charge is 0.313 e. The highest BCUT2D eigenvalue weighted by atomic mass is 16.5. The van der Waals surface area contributed by atoms with Crippen LogP contribution < -0.4 is 0 Å². The second-order valence-corrected chi connectivity index (χ2v) is 4.20. The van der Waals surface area contributed by atoms with Gasteiger partial charge in [0, 0.05) is 19.7 Å². The second kappa shape index (κ2) is 2.96. The van der Waals surface area contributed by atoms with Crippen molar-refractivity contribution in [2.24, 2.45) is 11.3 Å². The minimum absolute atomic E-state index is 0.281. The SMILES string of the molecule is CN1CC2CCOC[C@@]2(C(=O)O)C1. The lowest BCUT2D eigenvalue weighted by atomic mass is 9.76. The third-order valence-corrected chi connectivity index (χ3v) is 3.26. The van der Waals surface area contributed by atoms with E-state index in [0.717, 1.165) is 13.0 Å². The maximum absolute atomic E-state index is 11.2. The van der Waals surface area contributed by atoms with E-state index in [1.165, 1.54) is 0 Å². The molecular weight excluding hydrogens is 170 g/mol. The Balaban J connectivity index is 2.24. The van der Waals surface area contributed by atoms with Crippen LogP contribution in [0.1, 0.15) is 6.42 Å². The minimum Gasteiger partial charge on any atom is -0.481 e. The number of nitrogens with zero attached hydrogens (tertiary/aromatic N) is 1. The van der Waals surface area contributed by atoms with Gasteiger partial charge in [-0.15, -0.1) is 0 Å². The van der Waals surface area contributed by atoms with Crippen LogP contribution in [0.2, 0.25) is 0 Å². The van der Waals surface area contributed by atoms with E-state index in [2.05, 4.69) is 4.90 Å². The first kappa shape index (κ1) is 8.97. The average molecular weight is 185 g/mol. The van der Waals surface area contributed by atoms with Gasteiger partial charge in [0.25, 0.3) is 0 Å². The number of fused-ring (bicyclic) bond motifs is 1. The molecule has 0 spiro atoms. The van der Waals surface area contributed by atoms with Crippen molar-refractivity contribution in [2.45, 2.75) is 6.42 Å². The van der Waals surface area contributed by atoms with E-state index < -0.39 is 11.4 Å². The number of hydrogen-bond acceptors (Lipinski definition) is 3. The summed E-state index contributed by atoms with van der Waals surface area (Å²) in [5.41, 5.74) is -0.618. The minimum atomic E-state index is -0.693. The fourth-order valence-corrected chi connectivity index (χ4v) is 2.54. The number of hydrogen-bond donors (Lipinski definition) is 1. The average Bonchev–Trinajstić information content (AvgIpc) is 2.41. The predicted octanol–water partition coefficient (Wildman–Crippen LogP) is 0.0393. The van der Waals surface area contributed by atoms with Crippen LogP contribution >= 0.6 is 0 Å². The molecule has 0 amide bonds. The van der Waals surface area contributed by atoms with Crippen LogP contribution in [0.4, 0.5) is 0 Å². The maximum atomic E-state index is 11.2. The lowest BCUT2D eigenvalue weighted by Crippen LogP contribution is -2.46. The van der Waals surface area contributed by atoms with Crippen LogP contribution in [0.25, 0.3) is 0 Å². The summed E-state index contributed by atoms with van der Waals surface area (Å²) in [6.45, 7) is 2.63. The number of rotatable bonds is 1. The first-order valence-electron chi connectivity index (χ1n) is 4.65. The number of aliphatic carboxylic acids is 1. The maximum Gasteiger partial charge on any atom is 0.313 e. The summed E-state index contributed by atoms with van der Waals surface area (Å²) in [6, 6.07) is 0. The van der Waals surface area contributed by atoms with Gasteiger partial charge in [-0.2, -0.15) is 0 Å². The molecule has 0 aromatic carbocycles. The molecule has 4 heteroatoms. The van der Waals surface area contributed by atoms with Gasteiger partial charge in [0.15, 0.2) is 0 Å². The predicted molar refractivity (Wildman–Crippen MR) is 46.5 cm³/mol. The van der Waals surface area contributed by atoms with Crippen molar-refractivity contribution in [1.29, 1.82) is 0 Å². The van der Waals surface area contributed by atoms with Gasteiger partial charge in [0.1, 0.15) is 5.41 Å². The Hall–Kier alpha value is -0.610. The molecule has 2 saturated heterocycles. The quantitative estimate of drug-likeness (QED) is 0.626. The topological polar surface area (TPSA) is 49.8 Å².